The van der Waals surface area contributed by atoms with Gasteiger partial charge in [-0.05, 0) is 80.3 Å². The van der Waals surface area contributed by atoms with E-state index in [9.17, 15) is 4.39 Å². The van der Waals surface area contributed by atoms with Gasteiger partial charge in [0.1, 0.15) is 5.82 Å². The van der Waals surface area contributed by atoms with E-state index in [1.54, 1.807) is 12.1 Å². The summed E-state index contributed by atoms with van der Waals surface area (Å²) < 4.78 is 20.3. The lowest BCUT2D eigenvalue weighted by Crippen LogP contribution is -2.48. The van der Waals surface area contributed by atoms with Crippen molar-refractivity contribution in [3.05, 3.63) is 59.5 Å². The molecule has 0 radical (unpaired) electrons. The molecule has 1 unspecified atom stereocenters. The van der Waals surface area contributed by atoms with Crippen LogP contribution in [0.25, 0.3) is 16.6 Å². The first-order valence-corrected chi connectivity index (χ1v) is 12.8. The second-order valence-electron chi connectivity index (χ2n) is 9.95. The van der Waals surface area contributed by atoms with E-state index in [1.807, 2.05) is 23.0 Å². The number of fused-ring (bicyclic) bond motifs is 1. The fourth-order valence-electron chi connectivity index (χ4n) is 4.88. The van der Waals surface area contributed by atoms with E-state index in [0.29, 0.717) is 12.0 Å². The van der Waals surface area contributed by atoms with Gasteiger partial charge in [0.2, 0.25) is 0 Å². The minimum Gasteiger partial charge on any atom is -0.293 e. The first-order chi connectivity index (χ1) is 15.9. The number of halogens is 1. The van der Waals surface area contributed by atoms with Gasteiger partial charge in [-0.25, -0.2) is 17.7 Å². The summed E-state index contributed by atoms with van der Waals surface area (Å²) in [5, 5.41) is 5.76. The third kappa shape index (κ3) is 4.97. The lowest BCUT2D eigenvalue weighted by atomic mass is 9.96. The second-order valence-corrected chi connectivity index (χ2v) is 11.2. The number of hydrogen-bond acceptors (Lipinski definition) is 5. The van der Waals surface area contributed by atoms with E-state index >= 15 is 0 Å². The first-order valence-electron chi connectivity index (χ1n) is 12.0. The van der Waals surface area contributed by atoms with Gasteiger partial charge in [-0.3, -0.25) is 4.90 Å². The number of piperazine rings is 1. The van der Waals surface area contributed by atoms with Crippen LogP contribution in [0.2, 0.25) is 0 Å². The molecule has 2 aliphatic rings. The Morgan fingerprint density at radius 1 is 1.15 bits per heavy atom. The highest BCUT2D eigenvalue weighted by Crippen LogP contribution is 2.37. The van der Waals surface area contributed by atoms with Crippen molar-refractivity contribution < 1.29 is 4.39 Å². The Hall–Kier alpha value is -1.93. The summed E-state index contributed by atoms with van der Waals surface area (Å²) in [7, 11) is 2.24. The minimum atomic E-state index is -0.231. The van der Waals surface area contributed by atoms with Crippen LogP contribution in [0.3, 0.4) is 0 Å². The largest absolute Gasteiger partial charge is 0.293 e. The van der Waals surface area contributed by atoms with Crippen molar-refractivity contribution >= 4 is 23.0 Å². The highest BCUT2D eigenvalue weighted by Gasteiger charge is 2.33. The summed E-state index contributed by atoms with van der Waals surface area (Å²) >= 11 is 1.92. The number of benzene rings is 2. The molecule has 0 spiro atoms. The molecule has 2 aromatic carbocycles. The van der Waals surface area contributed by atoms with Crippen LogP contribution in [-0.4, -0.2) is 62.6 Å². The van der Waals surface area contributed by atoms with E-state index in [1.165, 1.54) is 36.1 Å². The van der Waals surface area contributed by atoms with Gasteiger partial charge in [0.25, 0.3) is 0 Å². The molecule has 2 fully saturated rings. The van der Waals surface area contributed by atoms with Gasteiger partial charge in [-0.1, -0.05) is 13.8 Å². The predicted octanol–water partition coefficient (Wildman–Crippen LogP) is 5.45. The molecule has 2 heterocycles. The molecule has 5 rings (SSSR count). The van der Waals surface area contributed by atoms with Gasteiger partial charge in [-0.15, -0.1) is 0 Å². The summed E-state index contributed by atoms with van der Waals surface area (Å²) in [5.74, 6) is 0.400. The van der Waals surface area contributed by atoms with Crippen LogP contribution in [0.15, 0.2) is 42.6 Å². The maximum Gasteiger partial charge on any atom is 0.123 e. The van der Waals surface area contributed by atoms with Crippen LogP contribution in [0, 0.1) is 18.7 Å². The molecule has 0 N–H and O–H groups in total. The topological polar surface area (TPSA) is 27.5 Å². The molecule has 0 amide bonds. The summed E-state index contributed by atoms with van der Waals surface area (Å²) in [6.07, 6.45) is 4.59. The molecule has 7 heteroatoms. The number of aryl methyl sites for hydroxylation is 1. The van der Waals surface area contributed by atoms with E-state index in [-0.39, 0.29) is 5.82 Å². The van der Waals surface area contributed by atoms with Crippen molar-refractivity contribution in [2.45, 2.75) is 45.7 Å². The Labute approximate surface area is 200 Å². The monoisotopic (exact) mass is 467 g/mol. The molecule has 33 heavy (non-hydrogen) atoms. The Morgan fingerprint density at radius 3 is 2.61 bits per heavy atom. The minimum absolute atomic E-state index is 0.231. The number of nitrogens with zero attached hydrogens (tertiary/aromatic N) is 5. The first kappa shape index (κ1) is 22.8. The Bertz CT molecular complexity index is 1110. The molecular formula is C26H34FN5S. The molecule has 0 bridgehead atoms. The molecule has 1 atom stereocenters. The maximum absolute atomic E-state index is 13.4. The zero-order chi connectivity index (χ0) is 23.1. The van der Waals surface area contributed by atoms with E-state index in [2.05, 4.69) is 58.6 Å². The normalized spacial score (nSPS) is 20.4. The highest BCUT2D eigenvalue weighted by atomic mass is 32.2. The molecule has 1 aliphatic heterocycles. The number of aromatic nitrogens is 2. The molecule has 5 nitrogen and oxygen atoms in total. The van der Waals surface area contributed by atoms with Gasteiger partial charge in [0, 0.05) is 55.8 Å². The average molecular weight is 468 g/mol. The molecule has 1 saturated carbocycles. The average Bonchev–Trinajstić information content (AvgIpc) is 3.56. The zero-order valence-corrected chi connectivity index (χ0v) is 20.9. The van der Waals surface area contributed by atoms with Crippen molar-refractivity contribution in [1.29, 1.82) is 0 Å². The predicted molar refractivity (Wildman–Crippen MR) is 135 cm³/mol. The second kappa shape index (κ2) is 9.37. The van der Waals surface area contributed by atoms with Crippen LogP contribution in [-0.2, 0) is 0 Å². The van der Waals surface area contributed by atoms with Crippen LogP contribution in [0.1, 0.15) is 43.9 Å². The molecule has 1 aromatic heterocycles. The van der Waals surface area contributed by atoms with E-state index in [0.717, 1.165) is 48.8 Å². The summed E-state index contributed by atoms with van der Waals surface area (Å²) in [6.45, 7) is 11.1. The van der Waals surface area contributed by atoms with E-state index in [4.69, 9.17) is 0 Å². The van der Waals surface area contributed by atoms with Crippen LogP contribution < -0.4 is 0 Å². The lowest BCUT2D eigenvalue weighted by molar-refractivity contribution is 0.108. The van der Waals surface area contributed by atoms with Gasteiger partial charge in [0.05, 0.1) is 17.4 Å². The SMILES string of the molecule is Cc1cc2c(cnn2-c2ccc(F)cc2)cc1C1CN(SN(C)C2CC2)CCN1CC(C)C. The Morgan fingerprint density at radius 2 is 1.91 bits per heavy atom. The maximum atomic E-state index is 13.4. The number of rotatable bonds is 7. The van der Waals surface area contributed by atoms with Gasteiger partial charge < -0.3 is 0 Å². The van der Waals surface area contributed by atoms with Gasteiger partial charge in [0.15, 0.2) is 0 Å². The Kier molecular flexibility index (Phi) is 6.49. The zero-order valence-electron chi connectivity index (χ0n) is 20.0. The Balaban J connectivity index is 1.46. The van der Waals surface area contributed by atoms with E-state index < -0.39 is 0 Å². The van der Waals surface area contributed by atoms with Crippen LogP contribution >= 0.6 is 12.1 Å². The smallest absolute Gasteiger partial charge is 0.123 e. The van der Waals surface area contributed by atoms with Crippen LogP contribution in [0.5, 0.6) is 0 Å². The molecule has 176 valence electrons. The molecule has 1 aliphatic carbocycles. The third-order valence-corrected chi connectivity index (χ3v) is 7.86. The molecule has 1 saturated heterocycles. The van der Waals surface area contributed by atoms with Crippen molar-refractivity contribution in [2.75, 3.05) is 33.2 Å². The number of hydrogen-bond donors (Lipinski definition) is 0. The quantitative estimate of drug-likeness (QED) is 0.431. The highest BCUT2D eigenvalue weighted by molar-refractivity contribution is 7.94. The van der Waals surface area contributed by atoms with Crippen molar-refractivity contribution in [2.24, 2.45) is 5.92 Å². The van der Waals surface area contributed by atoms with Crippen molar-refractivity contribution in [3.8, 4) is 5.69 Å². The fraction of sp³-hybridized carbons (Fsp3) is 0.500. The standard InChI is InChI=1S/C26H34FN5S/c1-18(2)16-30-11-12-31(33-29(4)22-9-10-22)17-26(30)24-14-20-15-28-32(25(20)13-19(24)3)23-7-5-21(27)6-8-23/h5-8,13-15,18,22,26H,9-12,16-17H2,1-4H3. The van der Waals surface area contributed by atoms with Crippen molar-refractivity contribution in [3.63, 3.8) is 0 Å². The van der Waals surface area contributed by atoms with Gasteiger partial charge in [-0.2, -0.15) is 5.10 Å². The van der Waals surface area contributed by atoms with Crippen LogP contribution in [0.4, 0.5) is 4.39 Å². The van der Waals surface area contributed by atoms with Gasteiger partial charge >= 0.3 is 0 Å². The lowest BCUT2D eigenvalue weighted by Gasteiger charge is -2.43. The summed E-state index contributed by atoms with van der Waals surface area (Å²) in [6, 6.07) is 12.2. The van der Waals surface area contributed by atoms with Crippen molar-refractivity contribution in [1.82, 2.24) is 23.3 Å². The summed E-state index contributed by atoms with van der Waals surface area (Å²) in [4.78, 5) is 2.66. The fourth-order valence-corrected chi connectivity index (χ4v) is 5.96. The molecular weight excluding hydrogens is 433 g/mol. The molecule has 3 aromatic rings. The third-order valence-electron chi connectivity index (χ3n) is 6.74. The summed E-state index contributed by atoms with van der Waals surface area (Å²) in [5.41, 5.74) is 4.62.